The van der Waals surface area contributed by atoms with E-state index in [0.29, 0.717) is 22.3 Å². The van der Waals surface area contributed by atoms with Crippen LogP contribution in [0.3, 0.4) is 0 Å². The summed E-state index contributed by atoms with van der Waals surface area (Å²) in [6, 6.07) is 11.7. The summed E-state index contributed by atoms with van der Waals surface area (Å²) in [5.41, 5.74) is 2.11. The third-order valence-corrected chi connectivity index (χ3v) is 5.08. The molecule has 1 N–H and O–H groups in total. The maximum atomic E-state index is 13.5. The van der Waals surface area contributed by atoms with E-state index < -0.39 is 5.82 Å². The number of halogens is 1. The molecule has 0 aliphatic rings. The zero-order chi connectivity index (χ0) is 21.0. The lowest BCUT2D eigenvalue weighted by Crippen LogP contribution is -2.17. The number of anilines is 1. The highest BCUT2D eigenvalue weighted by Gasteiger charge is 2.18. The van der Waals surface area contributed by atoms with E-state index in [1.165, 1.54) is 16.8 Å². The van der Waals surface area contributed by atoms with Crippen LogP contribution in [0.4, 0.5) is 10.1 Å². The van der Waals surface area contributed by atoms with E-state index in [9.17, 15) is 9.18 Å². The molecule has 0 aliphatic heterocycles. The molecule has 3 rings (SSSR count). The van der Waals surface area contributed by atoms with E-state index in [1.807, 2.05) is 18.2 Å². The minimum Gasteiger partial charge on any atom is -0.495 e. The fraction of sp³-hybridized carbons (Fsp3) is 0.300. The predicted octanol–water partition coefficient (Wildman–Crippen LogP) is 3.84. The van der Waals surface area contributed by atoms with Gasteiger partial charge in [-0.05, 0) is 51.7 Å². The third kappa shape index (κ3) is 5.11. The van der Waals surface area contributed by atoms with Crippen LogP contribution in [-0.2, 0) is 10.2 Å². The van der Waals surface area contributed by atoms with Gasteiger partial charge in [0.25, 0.3) is 0 Å². The standard InChI is InChI=1S/C20H22FN5O2S/c1-20(2,3)13-8-9-17(28-4)16(10-13)22-18(27)12-29-19-23-24-25-26(19)15-7-5-6-14(21)11-15/h5-11H,12H2,1-4H3,(H,22,27). The number of nitrogens with one attached hydrogen (secondary N) is 1. The Labute approximate surface area is 172 Å². The highest BCUT2D eigenvalue weighted by atomic mass is 32.2. The SMILES string of the molecule is COc1ccc(C(C)(C)C)cc1NC(=O)CSc1nnnn1-c1cccc(F)c1. The van der Waals surface area contributed by atoms with Gasteiger partial charge in [-0.2, -0.15) is 4.68 Å². The normalized spacial score (nSPS) is 11.3. The molecule has 0 bridgehead atoms. The molecule has 0 aliphatic carbocycles. The number of ether oxygens (including phenoxy) is 1. The largest absolute Gasteiger partial charge is 0.495 e. The van der Waals surface area contributed by atoms with Gasteiger partial charge in [0.05, 0.1) is 24.2 Å². The molecule has 1 heterocycles. The first-order valence-electron chi connectivity index (χ1n) is 8.93. The van der Waals surface area contributed by atoms with Gasteiger partial charge in [-0.3, -0.25) is 4.79 Å². The minimum absolute atomic E-state index is 0.0620. The second-order valence-corrected chi connectivity index (χ2v) is 8.30. The van der Waals surface area contributed by atoms with Gasteiger partial charge in [-0.15, -0.1) is 5.10 Å². The van der Waals surface area contributed by atoms with E-state index in [2.05, 4.69) is 41.6 Å². The van der Waals surface area contributed by atoms with Crippen LogP contribution >= 0.6 is 11.8 Å². The molecule has 7 nitrogen and oxygen atoms in total. The van der Waals surface area contributed by atoms with Crippen LogP contribution in [0.2, 0.25) is 0 Å². The first kappa shape index (κ1) is 20.8. The summed E-state index contributed by atoms with van der Waals surface area (Å²) in [5, 5.41) is 14.7. The number of methoxy groups -OCH3 is 1. The Morgan fingerprint density at radius 1 is 1.24 bits per heavy atom. The van der Waals surface area contributed by atoms with E-state index in [-0.39, 0.29) is 17.1 Å². The van der Waals surface area contributed by atoms with Crippen molar-refractivity contribution in [3.05, 3.63) is 53.8 Å². The Kier molecular flexibility index (Phi) is 6.17. The van der Waals surface area contributed by atoms with Crippen molar-refractivity contribution >= 4 is 23.4 Å². The molecule has 3 aromatic rings. The number of nitrogens with zero attached hydrogens (tertiary/aromatic N) is 4. The summed E-state index contributed by atoms with van der Waals surface area (Å²) < 4.78 is 20.2. The Hall–Kier alpha value is -2.94. The molecule has 0 saturated carbocycles. The summed E-state index contributed by atoms with van der Waals surface area (Å²) in [6.45, 7) is 6.30. The quantitative estimate of drug-likeness (QED) is 0.616. The Bertz CT molecular complexity index is 1020. The molecule has 0 atom stereocenters. The van der Waals surface area contributed by atoms with Crippen LogP contribution in [0.1, 0.15) is 26.3 Å². The topological polar surface area (TPSA) is 81.9 Å². The molecule has 2 aromatic carbocycles. The smallest absolute Gasteiger partial charge is 0.234 e. The van der Waals surface area contributed by atoms with Crippen molar-refractivity contribution < 1.29 is 13.9 Å². The second kappa shape index (κ2) is 8.60. The van der Waals surface area contributed by atoms with Gasteiger partial charge < -0.3 is 10.1 Å². The molecule has 29 heavy (non-hydrogen) atoms. The van der Waals surface area contributed by atoms with Crippen LogP contribution < -0.4 is 10.1 Å². The molecule has 1 amide bonds. The average molecular weight is 415 g/mol. The molecule has 152 valence electrons. The monoisotopic (exact) mass is 415 g/mol. The van der Waals surface area contributed by atoms with Gasteiger partial charge >= 0.3 is 0 Å². The van der Waals surface area contributed by atoms with E-state index >= 15 is 0 Å². The van der Waals surface area contributed by atoms with Crippen molar-refractivity contribution in [1.82, 2.24) is 20.2 Å². The van der Waals surface area contributed by atoms with Crippen molar-refractivity contribution in [1.29, 1.82) is 0 Å². The molecule has 9 heteroatoms. The molecule has 0 fully saturated rings. The minimum atomic E-state index is -0.391. The fourth-order valence-corrected chi connectivity index (χ4v) is 3.32. The predicted molar refractivity (Wildman–Crippen MR) is 110 cm³/mol. The first-order chi connectivity index (χ1) is 13.8. The molecular weight excluding hydrogens is 393 g/mol. The zero-order valence-electron chi connectivity index (χ0n) is 16.6. The third-order valence-electron chi connectivity index (χ3n) is 4.17. The summed E-state index contributed by atoms with van der Waals surface area (Å²) in [5.74, 6) is 0.0464. The van der Waals surface area contributed by atoms with E-state index in [1.54, 1.807) is 19.2 Å². The zero-order valence-corrected chi connectivity index (χ0v) is 17.5. The van der Waals surface area contributed by atoms with Gasteiger partial charge in [-0.25, -0.2) is 4.39 Å². The lowest BCUT2D eigenvalue weighted by molar-refractivity contribution is -0.113. The van der Waals surface area contributed by atoms with Crippen LogP contribution in [0.5, 0.6) is 5.75 Å². The number of benzene rings is 2. The molecule has 0 unspecified atom stereocenters. The number of thioether (sulfide) groups is 1. The highest BCUT2D eigenvalue weighted by Crippen LogP contribution is 2.31. The van der Waals surface area contributed by atoms with Crippen molar-refractivity contribution in [3.8, 4) is 11.4 Å². The summed E-state index contributed by atoms with van der Waals surface area (Å²) in [4.78, 5) is 12.5. The first-order valence-corrected chi connectivity index (χ1v) is 9.92. The number of carbonyl (C=O) groups is 1. The van der Waals surface area contributed by atoms with Gasteiger partial charge in [0.2, 0.25) is 11.1 Å². The van der Waals surface area contributed by atoms with Crippen LogP contribution in [0, 0.1) is 5.82 Å². The van der Waals surface area contributed by atoms with Crippen LogP contribution in [-0.4, -0.2) is 39.0 Å². The van der Waals surface area contributed by atoms with Gasteiger partial charge in [0.15, 0.2) is 0 Å². The highest BCUT2D eigenvalue weighted by molar-refractivity contribution is 7.99. The lowest BCUT2D eigenvalue weighted by Gasteiger charge is -2.21. The van der Waals surface area contributed by atoms with E-state index in [4.69, 9.17) is 4.74 Å². The van der Waals surface area contributed by atoms with Gasteiger partial charge in [0.1, 0.15) is 11.6 Å². The Balaban J connectivity index is 1.71. The fourth-order valence-electron chi connectivity index (χ4n) is 2.63. The summed E-state index contributed by atoms with van der Waals surface area (Å²) >= 11 is 1.16. The van der Waals surface area contributed by atoms with Crippen LogP contribution in [0.25, 0.3) is 5.69 Å². The lowest BCUT2D eigenvalue weighted by atomic mass is 9.87. The molecule has 0 saturated heterocycles. The van der Waals surface area contributed by atoms with Gasteiger partial charge in [0, 0.05) is 0 Å². The maximum Gasteiger partial charge on any atom is 0.234 e. The average Bonchev–Trinajstić information content (AvgIpc) is 3.14. The van der Waals surface area contributed by atoms with Gasteiger partial charge in [-0.1, -0.05) is 44.7 Å². The summed E-state index contributed by atoms with van der Waals surface area (Å²) in [7, 11) is 1.56. The van der Waals surface area contributed by atoms with Crippen molar-refractivity contribution in [2.75, 3.05) is 18.2 Å². The van der Waals surface area contributed by atoms with E-state index in [0.717, 1.165) is 17.3 Å². The number of rotatable bonds is 6. The van der Waals surface area contributed by atoms with Crippen molar-refractivity contribution in [3.63, 3.8) is 0 Å². The second-order valence-electron chi connectivity index (χ2n) is 7.36. The maximum absolute atomic E-state index is 13.5. The number of hydrogen-bond acceptors (Lipinski definition) is 6. The number of carbonyl (C=O) groups excluding carboxylic acids is 1. The van der Waals surface area contributed by atoms with Crippen molar-refractivity contribution in [2.24, 2.45) is 0 Å². The molecule has 1 aromatic heterocycles. The van der Waals surface area contributed by atoms with Crippen LogP contribution in [0.15, 0.2) is 47.6 Å². The Morgan fingerprint density at radius 3 is 2.72 bits per heavy atom. The Morgan fingerprint density at radius 2 is 2.03 bits per heavy atom. The molecular formula is C20H22FN5O2S. The number of amides is 1. The molecule has 0 radical (unpaired) electrons. The number of aromatic nitrogens is 4. The summed E-state index contributed by atoms with van der Waals surface area (Å²) in [6.07, 6.45) is 0. The number of tetrazole rings is 1. The van der Waals surface area contributed by atoms with Crippen molar-refractivity contribution in [2.45, 2.75) is 31.3 Å². The molecule has 0 spiro atoms. The number of hydrogen-bond donors (Lipinski definition) is 1.